The number of rotatable bonds is 50. The molecule has 0 bridgehead atoms. The van der Waals surface area contributed by atoms with Crippen molar-refractivity contribution in [1.29, 1.82) is 0 Å². The summed E-state index contributed by atoms with van der Waals surface area (Å²) in [6, 6.07) is -0.598. The Kier molecular flexibility index (Phi) is 47.1. The molecule has 12 heteroatoms. The van der Waals surface area contributed by atoms with Gasteiger partial charge in [-0.3, -0.25) is 4.79 Å². The first-order valence-electron chi connectivity index (χ1n) is 24.5. The SMILES string of the molecule is C=P(O)(O)CCOCCOCCOCCNC(=O)[C@@H](N)CSCC(COCCCCCCCCCCCCCCCC)OCCCCCCCCCCCCCCCC. The lowest BCUT2D eigenvalue weighted by Crippen LogP contribution is -2.43. The van der Waals surface area contributed by atoms with Crippen molar-refractivity contribution in [3.05, 3.63) is 0 Å². The van der Waals surface area contributed by atoms with Crippen LogP contribution in [0.1, 0.15) is 194 Å². The van der Waals surface area contributed by atoms with Gasteiger partial charge in [-0.25, -0.2) is 0 Å². The lowest BCUT2D eigenvalue weighted by atomic mass is 10.0. The maximum Gasteiger partial charge on any atom is 0.237 e. The Labute approximate surface area is 368 Å². The Morgan fingerprint density at radius 1 is 0.542 bits per heavy atom. The molecule has 1 amide bonds. The summed E-state index contributed by atoms with van der Waals surface area (Å²) in [5.74, 6) is 1.10. The third-order valence-electron chi connectivity index (χ3n) is 10.6. The third-order valence-corrected chi connectivity index (χ3v) is 12.7. The molecule has 0 aromatic rings. The molecule has 0 radical (unpaired) electrons. The predicted molar refractivity (Wildman–Crippen MR) is 255 cm³/mol. The van der Waals surface area contributed by atoms with E-state index in [1.54, 1.807) is 11.8 Å². The molecule has 0 fully saturated rings. The number of carbonyl (C=O) groups is 1. The fourth-order valence-corrected chi connectivity index (χ4v) is 8.25. The molecule has 0 aromatic carbocycles. The zero-order valence-electron chi connectivity index (χ0n) is 38.6. The molecule has 0 heterocycles. The minimum Gasteiger partial charge on any atom is -0.379 e. The number of carbonyl (C=O) groups excluding carboxylic acids is 1. The highest BCUT2D eigenvalue weighted by Crippen LogP contribution is 2.32. The van der Waals surface area contributed by atoms with E-state index in [0.717, 1.165) is 31.8 Å². The van der Waals surface area contributed by atoms with Gasteiger partial charge in [-0.1, -0.05) is 187 Å². The number of ether oxygens (including phenoxy) is 5. The summed E-state index contributed by atoms with van der Waals surface area (Å²) in [7, 11) is -3.03. The molecule has 2 atom stereocenters. The second kappa shape index (κ2) is 47.3. The molecule has 0 saturated carbocycles. The fraction of sp³-hybridized carbons (Fsp3) is 0.957. The Bertz CT molecular complexity index is 902. The first kappa shape index (κ1) is 58.8. The average molecular weight is 881 g/mol. The topological polar surface area (TPSA) is 142 Å². The van der Waals surface area contributed by atoms with Crippen molar-refractivity contribution in [2.24, 2.45) is 5.73 Å². The van der Waals surface area contributed by atoms with Gasteiger partial charge in [0.05, 0.1) is 58.4 Å². The van der Waals surface area contributed by atoms with Gasteiger partial charge in [0.15, 0.2) is 0 Å². The lowest BCUT2D eigenvalue weighted by molar-refractivity contribution is -0.122. The zero-order valence-corrected chi connectivity index (χ0v) is 40.3. The summed E-state index contributed by atoms with van der Waals surface area (Å²) in [6.07, 6.45) is 41.2. The molecule has 5 N–H and O–H groups in total. The first-order valence-corrected chi connectivity index (χ1v) is 27.7. The van der Waals surface area contributed by atoms with Crippen molar-refractivity contribution >= 4 is 31.3 Å². The molecule has 0 spiro atoms. The van der Waals surface area contributed by atoms with E-state index in [1.807, 2.05) is 0 Å². The standard InChI is InChI=1S/C47H97N2O8PS/c1-4-6-8-10-12-14-16-18-20-22-24-26-28-30-33-56-42-45(57-34-31-29-27-25-23-21-19-17-15-13-11-9-7-5-2)43-59-44-46(48)47(50)49-32-35-53-36-37-54-38-39-55-40-41-58(3,51)52/h45-46,51-52H,3-44,48H2,1-2H3,(H,49,50)/t45?,46-/m0/s1. The molecule has 354 valence electrons. The summed E-state index contributed by atoms with van der Waals surface area (Å²) in [5, 5.41) is 2.86. The molecule has 0 aliphatic carbocycles. The van der Waals surface area contributed by atoms with Gasteiger partial charge in [0.2, 0.25) is 5.91 Å². The fourth-order valence-electron chi connectivity index (χ4n) is 6.84. The van der Waals surface area contributed by atoms with Crippen LogP contribution in [-0.4, -0.2) is 118 Å². The highest BCUT2D eigenvalue weighted by Gasteiger charge is 2.16. The van der Waals surface area contributed by atoms with E-state index in [-0.39, 0.29) is 24.8 Å². The van der Waals surface area contributed by atoms with Gasteiger partial charge in [-0.05, 0) is 12.8 Å². The van der Waals surface area contributed by atoms with Crippen molar-refractivity contribution < 1.29 is 38.3 Å². The summed E-state index contributed by atoms with van der Waals surface area (Å²) in [6.45, 7) is 9.26. The van der Waals surface area contributed by atoms with Crippen LogP contribution in [0.2, 0.25) is 0 Å². The second-order valence-electron chi connectivity index (χ2n) is 16.6. The minimum atomic E-state index is -3.03. The summed E-state index contributed by atoms with van der Waals surface area (Å²) in [5.41, 5.74) is 6.23. The first-order chi connectivity index (χ1) is 28.8. The number of nitrogens with one attached hydrogen (secondary N) is 1. The van der Waals surface area contributed by atoms with Gasteiger partial charge in [0.25, 0.3) is 0 Å². The molecular weight excluding hydrogens is 784 g/mol. The summed E-state index contributed by atoms with van der Waals surface area (Å²) < 4.78 is 28.7. The van der Waals surface area contributed by atoms with Crippen molar-refractivity contribution in [3.8, 4) is 0 Å². The van der Waals surface area contributed by atoms with Crippen LogP contribution in [-0.2, 0) is 28.5 Å². The Morgan fingerprint density at radius 2 is 0.932 bits per heavy atom. The molecule has 10 nitrogen and oxygen atoms in total. The number of hydrogen-bond donors (Lipinski definition) is 4. The molecular formula is C47H97N2O8PS. The molecule has 0 aromatic heterocycles. The van der Waals surface area contributed by atoms with Crippen molar-refractivity contribution in [1.82, 2.24) is 5.32 Å². The molecule has 1 unspecified atom stereocenters. The quantitative estimate of drug-likeness (QED) is 0.0345. The van der Waals surface area contributed by atoms with Crippen LogP contribution in [0.3, 0.4) is 0 Å². The van der Waals surface area contributed by atoms with E-state index < -0.39 is 13.4 Å². The van der Waals surface area contributed by atoms with Gasteiger partial charge in [0.1, 0.15) is 7.34 Å². The normalized spacial score (nSPS) is 13.0. The highest BCUT2D eigenvalue weighted by atomic mass is 32.2. The van der Waals surface area contributed by atoms with E-state index in [2.05, 4.69) is 25.5 Å². The Balaban J connectivity index is 4.18. The molecule has 0 rings (SSSR count). The molecule has 59 heavy (non-hydrogen) atoms. The van der Waals surface area contributed by atoms with Crippen molar-refractivity contribution in [2.45, 2.75) is 206 Å². The van der Waals surface area contributed by atoms with Crippen LogP contribution in [0.5, 0.6) is 0 Å². The Hall–Kier alpha value is -0.200. The van der Waals surface area contributed by atoms with Crippen LogP contribution in [0.15, 0.2) is 0 Å². The van der Waals surface area contributed by atoms with E-state index >= 15 is 0 Å². The number of unbranched alkanes of at least 4 members (excludes halogenated alkanes) is 26. The van der Waals surface area contributed by atoms with Crippen LogP contribution < -0.4 is 11.1 Å². The van der Waals surface area contributed by atoms with Gasteiger partial charge < -0.3 is 44.5 Å². The summed E-state index contributed by atoms with van der Waals surface area (Å²) in [4.78, 5) is 31.1. The minimum absolute atomic E-state index is 0.00146. The van der Waals surface area contributed by atoms with Gasteiger partial charge in [-0.2, -0.15) is 11.8 Å². The monoisotopic (exact) mass is 881 g/mol. The maximum atomic E-state index is 12.6. The number of thioether (sulfide) groups is 1. The largest absolute Gasteiger partial charge is 0.379 e. The van der Waals surface area contributed by atoms with Crippen LogP contribution in [0.4, 0.5) is 0 Å². The smallest absolute Gasteiger partial charge is 0.237 e. The van der Waals surface area contributed by atoms with Crippen molar-refractivity contribution in [2.75, 3.05) is 83.7 Å². The number of nitrogens with two attached hydrogens (primary N) is 1. The number of amides is 1. The lowest BCUT2D eigenvalue weighted by Gasteiger charge is -2.19. The second-order valence-corrected chi connectivity index (χ2v) is 19.9. The van der Waals surface area contributed by atoms with E-state index in [9.17, 15) is 14.6 Å². The van der Waals surface area contributed by atoms with E-state index in [4.69, 9.17) is 29.4 Å². The van der Waals surface area contributed by atoms with Gasteiger partial charge >= 0.3 is 0 Å². The summed E-state index contributed by atoms with van der Waals surface area (Å²) >= 11 is 1.66. The zero-order chi connectivity index (χ0) is 43.2. The highest BCUT2D eigenvalue weighted by molar-refractivity contribution is 7.99. The molecule has 0 aliphatic rings. The van der Waals surface area contributed by atoms with E-state index in [0.29, 0.717) is 51.9 Å². The van der Waals surface area contributed by atoms with Gasteiger partial charge in [0, 0.05) is 37.4 Å². The van der Waals surface area contributed by atoms with Crippen LogP contribution >= 0.6 is 19.1 Å². The van der Waals surface area contributed by atoms with Crippen molar-refractivity contribution in [3.63, 3.8) is 0 Å². The van der Waals surface area contributed by atoms with Crippen LogP contribution in [0.25, 0.3) is 0 Å². The van der Waals surface area contributed by atoms with Crippen LogP contribution in [0, 0.1) is 0 Å². The third kappa shape index (κ3) is 48.7. The van der Waals surface area contributed by atoms with E-state index in [1.165, 1.54) is 167 Å². The molecule has 0 aliphatic heterocycles. The maximum absolute atomic E-state index is 12.6. The molecule has 0 saturated heterocycles. The Morgan fingerprint density at radius 3 is 1.37 bits per heavy atom. The van der Waals surface area contributed by atoms with Gasteiger partial charge in [-0.15, -0.1) is 0 Å². The average Bonchev–Trinajstić information content (AvgIpc) is 3.21. The number of hydrogen-bond acceptors (Lipinski definition) is 10. The predicted octanol–water partition coefficient (Wildman–Crippen LogP) is 10.8.